The van der Waals surface area contributed by atoms with E-state index in [-0.39, 0.29) is 18.0 Å². The van der Waals surface area contributed by atoms with E-state index in [1.165, 1.54) is 0 Å². The number of morpholine rings is 2. The number of benzene rings is 1. The molecule has 2 fully saturated rings. The zero-order chi connectivity index (χ0) is 20.7. The molecule has 158 valence electrons. The van der Waals surface area contributed by atoms with Gasteiger partial charge in [-0.05, 0) is 26.0 Å². The third-order valence-electron chi connectivity index (χ3n) is 5.45. The van der Waals surface area contributed by atoms with Crippen LogP contribution < -0.4 is 9.80 Å². The van der Waals surface area contributed by atoms with Crippen LogP contribution in [-0.2, 0) is 9.47 Å². The Kier molecular flexibility index (Phi) is 4.92. The summed E-state index contributed by atoms with van der Waals surface area (Å²) in [4.78, 5) is 22.2. The van der Waals surface area contributed by atoms with Crippen LogP contribution in [0.3, 0.4) is 0 Å². The van der Waals surface area contributed by atoms with Crippen LogP contribution in [0.25, 0.3) is 22.6 Å². The maximum atomic E-state index is 9.86. The van der Waals surface area contributed by atoms with Crippen molar-refractivity contribution in [1.29, 1.82) is 0 Å². The molecule has 9 heteroatoms. The highest BCUT2D eigenvalue weighted by Gasteiger charge is 2.27. The zero-order valence-corrected chi connectivity index (χ0v) is 17.2. The fourth-order valence-corrected chi connectivity index (χ4v) is 4.15. The van der Waals surface area contributed by atoms with E-state index in [1.54, 1.807) is 18.2 Å². The molecule has 0 bridgehead atoms. The first kappa shape index (κ1) is 19.1. The van der Waals surface area contributed by atoms with Crippen molar-refractivity contribution >= 4 is 22.9 Å². The van der Waals surface area contributed by atoms with Crippen molar-refractivity contribution in [3.05, 3.63) is 24.3 Å². The Morgan fingerprint density at radius 3 is 2.53 bits per heavy atom. The molecule has 0 saturated carbocycles. The highest BCUT2D eigenvalue weighted by molar-refractivity contribution is 5.87. The molecular formula is C21H26N6O3. The minimum atomic E-state index is 0.113. The third kappa shape index (κ3) is 3.66. The normalized spacial score (nSPS) is 22.6. The van der Waals surface area contributed by atoms with Crippen LogP contribution in [0.1, 0.15) is 13.8 Å². The number of hydrogen-bond acceptors (Lipinski definition) is 8. The van der Waals surface area contributed by atoms with E-state index in [0.717, 1.165) is 43.1 Å². The van der Waals surface area contributed by atoms with Crippen LogP contribution in [0.2, 0.25) is 0 Å². The number of phenols is 1. The minimum Gasteiger partial charge on any atom is -0.508 e. The molecule has 2 aromatic heterocycles. The smallest absolute Gasteiger partial charge is 0.229 e. The Morgan fingerprint density at radius 2 is 1.80 bits per heavy atom. The van der Waals surface area contributed by atoms with Crippen molar-refractivity contribution in [1.82, 2.24) is 19.9 Å². The molecule has 2 saturated heterocycles. The number of aromatic nitrogens is 4. The van der Waals surface area contributed by atoms with Crippen LogP contribution in [-0.4, -0.2) is 76.6 Å². The number of hydrogen-bond donors (Lipinski definition) is 2. The highest BCUT2D eigenvalue weighted by Crippen LogP contribution is 2.30. The van der Waals surface area contributed by atoms with Crippen LogP contribution in [0.4, 0.5) is 11.8 Å². The molecule has 5 rings (SSSR count). The maximum absolute atomic E-state index is 9.86. The van der Waals surface area contributed by atoms with Gasteiger partial charge in [-0.25, -0.2) is 4.98 Å². The van der Waals surface area contributed by atoms with Crippen molar-refractivity contribution in [2.24, 2.45) is 0 Å². The second kappa shape index (κ2) is 7.73. The molecule has 0 amide bonds. The van der Waals surface area contributed by atoms with Gasteiger partial charge in [-0.1, -0.05) is 12.1 Å². The Hall–Kier alpha value is -2.91. The molecule has 2 unspecified atom stereocenters. The topological polar surface area (TPSA) is 99.6 Å². The predicted octanol–water partition coefficient (Wildman–Crippen LogP) is 2.18. The van der Waals surface area contributed by atoms with E-state index >= 15 is 0 Å². The van der Waals surface area contributed by atoms with E-state index in [9.17, 15) is 5.11 Å². The summed E-state index contributed by atoms with van der Waals surface area (Å²) in [5.41, 5.74) is 2.22. The van der Waals surface area contributed by atoms with Crippen molar-refractivity contribution in [2.75, 3.05) is 49.2 Å². The van der Waals surface area contributed by atoms with Gasteiger partial charge in [0.25, 0.3) is 0 Å². The number of anilines is 2. The Labute approximate surface area is 174 Å². The largest absolute Gasteiger partial charge is 0.508 e. The fourth-order valence-electron chi connectivity index (χ4n) is 4.15. The standard InChI is InChI=1S/C21H26N6O3/c1-13-11-27(12-14(2)30-13)21-24-19-17(20(25-21)26-6-8-29-9-7-26)22-18(23-19)15-4-3-5-16(28)10-15/h3-5,10,13-14,28H,6-9,11-12H2,1-2H3,(H,22,23,24,25). The number of aromatic amines is 1. The Morgan fingerprint density at radius 1 is 1.03 bits per heavy atom. The number of phenolic OH excluding ortho intramolecular Hbond substituents is 1. The lowest BCUT2D eigenvalue weighted by molar-refractivity contribution is -0.00570. The summed E-state index contributed by atoms with van der Waals surface area (Å²) < 4.78 is 11.4. The van der Waals surface area contributed by atoms with Crippen molar-refractivity contribution < 1.29 is 14.6 Å². The summed E-state index contributed by atoms with van der Waals surface area (Å²) >= 11 is 0. The van der Waals surface area contributed by atoms with Crippen LogP contribution in [0, 0.1) is 0 Å². The van der Waals surface area contributed by atoms with E-state index in [0.29, 0.717) is 30.6 Å². The van der Waals surface area contributed by atoms with Gasteiger partial charge in [-0.2, -0.15) is 9.97 Å². The van der Waals surface area contributed by atoms with Gasteiger partial charge in [-0.15, -0.1) is 0 Å². The third-order valence-corrected chi connectivity index (χ3v) is 5.45. The molecule has 30 heavy (non-hydrogen) atoms. The van der Waals surface area contributed by atoms with E-state index in [1.807, 2.05) is 6.07 Å². The molecule has 2 aliphatic rings. The van der Waals surface area contributed by atoms with Crippen LogP contribution >= 0.6 is 0 Å². The molecule has 4 heterocycles. The van der Waals surface area contributed by atoms with Gasteiger partial charge < -0.3 is 29.4 Å². The monoisotopic (exact) mass is 410 g/mol. The lowest BCUT2D eigenvalue weighted by Gasteiger charge is -2.36. The highest BCUT2D eigenvalue weighted by atomic mass is 16.5. The summed E-state index contributed by atoms with van der Waals surface area (Å²) in [6.07, 6.45) is 0.226. The molecule has 2 aliphatic heterocycles. The SMILES string of the molecule is CC1CN(c2nc(N3CCOCC3)c3[nH]c(-c4cccc(O)c4)nc3n2)CC(C)O1. The fraction of sp³-hybridized carbons (Fsp3) is 0.476. The van der Waals surface area contributed by atoms with Crippen LogP contribution in [0.5, 0.6) is 5.75 Å². The second-order valence-corrected chi connectivity index (χ2v) is 7.94. The summed E-state index contributed by atoms with van der Waals surface area (Å²) in [6.45, 7) is 8.48. The molecule has 0 radical (unpaired) electrons. The van der Waals surface area contributed by atoms with Gasteiger partial charge in [0, 0.05) is 31.7 Å². The molecule has 2 atom stereocenters. The second-order valence-electron chi connectivity index (χ2n) is 7.94. The van der Waals surface area contributed by atoms with Crippen LogP contribution in [0.15, 0.2) is 24.3 Å². The van der Waals surface area contributed by atoms with Crippen molar-refractivity contribution in [3.63, 3.8) is 0 Å². The average molecular weight is 410 g/mol. The molecule has 2 N–H and O–H groups in total. The number of rotatable bonds is 3. The quantitative estimate of drug-likeness (QED) is 0.678. The number of aromatic hydroxyl groups is 1. The number of nitrogens with one attached hydrogen (secondary N) is 1. The minimum absolute atomic E-state index is 0.113. The number of imidazole rings is 1. The Bertz CT molecular complexity index is 1040. The number of H-pyrrole nitrogens is 1. The van der Waals surface area contributed by atoms with Gasteiger partial charge in [0.1, 0.15) is 17.1 Å². The summed E-state index contributed by atoms with van der Waals surface area (Å²) in [5.74, 6) is 2.36. The van der Waals surface area contributed by atoms with Crippen molar-refractivity contribution in [3.8, 4) is 17.1 Å². The van der Waals surface area contributed by atoms with Crippen molar-refractivity contribution in [2.45, 2.75) is 26.1 Å². The van der Waals surface area contributed by atoms with E-state index in [4.69, 9.17) is 24.4 Å². The first-order chi connectivity index (χ1) is 14.6. The first-order valence-electron chi connectivity index (χ1n) is 10.4. The van der Waals surface area contributed by atoms with Gasteiger partial charge in [0.2, 0.25) is 5.95 Å². The summed E-state index contributed by atoms with van der Waals surface area (Å²) in [5, 5.41) is 9.86. The summed E-state index contributed by atoms with van der Waals surface area (Å²) in [7, 11) is 0. The molecule has 0 aliphatic carbocycles. The molecule has 9 nitrogen and oxygen atoms in total. The average Bonchev–Trinajstić information content (AvgIpc) is 3.17. The first-order valence-corrected chi connectivity index (χ1v) is 10.4. The van der Waals surface area contributed by atoms with Gasteiger partial charge in [0.15, 0.2) is 11.5 Å². The Balaban J connectivity index is 1.61. The van der Waals surface area contributed by atoms with E-state index < -0.39 is 0 Å². The lowest BCUT2D eigenvalue weighted by Crippen LogP contribution is -2.46. The van der Waals surface area contributed by atoms with Gasteiger partial charge in [-0.3, -0.25) is 0 Å². The maximum Gasteiger partial charge on any atom is 0.229 e. The molecule has 0 spiro atoms. The number of nitrogens with zero attached hydrogens (tertiary/aromatic N) is 5. The molecule has 1 aromatic carbocycles. The predicted molar refractivity (Wildman–Crippen MR) is 114 cm³/mol. The molecular weight excluding hydrogens is 384 g/mol. The number of fused-ring (bicyclic) bond motifs is 1. The van der Waals surface area contributed by atoms with Gasteiger partial charge >= 0.3 is 0 Å². The zero-order valence-electron chi connectivity index (χ0n) is 17.2. The molecule has 3 aromatic rings. The lowest BCUT2D eigenvalue weighted by atomic mass is 10.2. The van der Waals surface area contributed by atoms with Gasteiger partial charge in [0.05, 0.1) is 25.4 Å². The summed E-state index contributed by atoms with van der Waals surface area (Å²) in [6, 6.07) is 7.04. The number of ether oxygens (including phenoxy) is 2. The van der Waals surface area contributed by atoms with E-state index in [2.05, 4.69) is 28.6 Å².